The van der Waals surface area contributed by atoms with E-state index in [0.717, 1.165) is 12.2 Å². The molecular formula is C13H20N2O2S2. The van der Waals surface area contributed by atoms with Crippen LogP contribution in [-0.4, -0.2) is 44.4 Å². The highest BCUT2D eigenvalue weighted by atomic mass is 32.2. The quantitative estimate of drug-likeness (QED) is 0.906. The SMILES string of the molecule is CN(C)S(=O)(=O)c1ccc(NCC2CCCS2)cc1. The molecule has 1 atom stereocenters. The van der Waals surface area contributed by atoms with Crippen LogP contribution in [0, 0.1) is 0 Å². The second-order valence-corrected chi connectivity index (χ2v) is 8.39. The molecule has 1 aliphatic rings. The Hall–Kier alpha value is -0.720. The van der Waals surface area contributed by atoms with Gasteiger partial charge in [-0.05, 0) is 42.9 Å². The van der Waals surface area contributed by atoms with Crippen LogP contribution in [0.15, 0.2) is 29.2 Å². The molecule has 1 fully saturated rings. The molecule has 1 unspecified atom stereocenters. The second kappa shape index (κ2) is 6.15. The van der Waals surface area contributed by atoms with Crippen molar-refractivity contribution < 1.29 is 8.42 Å². The molecule has 1 aromatic carbocycles. The van der Waals surface area contributed by atoms with Crippen LogP contribution in [0.3, 0.4) is 0 Å². The fourth-order valence-electron chi connectivity index (χ4n) is 1.99. The van der Waals surface area contributed by atoms with Crippen LogP contribution in [0.1, 0.15) is 12.8 Å². The Morgan fingerprint density at radius 2 is 2.00 bits per heavy atom. The summed E-state index contributed by atoms with van der Waals surface area (Å²) in [7, 11) is -0.242. The van der Waals surface area contributed by atoms with Crippen molar-refractivity contribution in [1.82, 2.24) is 4.31 Å². The molecule has 0 aromatic heterocycles. The zero-order chi connectivity index (χ0) is 13.9. The van der Waals surface area contributed by atoms with Gasteiger partial charge in [0.15, 0.2) is 0 Å². The molecule has 0 amide bonds. The molecule has 0 radical (unpaired) electrons. The lowest BCUT2D eigenvalue weighted by Crippen LogP contribution is -2.22. The van der Waals surface area contributed by atoms with E-state index in [0.29, 0.717) is 10.1 Å². The van der Waals surface area contributed by atoms with E-state index in [1.807, 2.05) is 23.9 Å². The molecule has 2 rings (SSSR count). The molecule has 19 heavy (non-hydrogen) atoms. The van der Waals surface area contributed by atoms with E-state index < -0.39 is 10.0 Å². The van der Waals surface area contributed by atoms with Crippen LogP contribution in [0.25, 0.3) is 0 Å². The van der Waals surface area contributed by atoms with Gasteiger partial charge in [-0.3, -0.25) is 0 Å². The van der Waals surface area contributed by atoms with Crippen molar-refractivity contribution >= 4 is 27.5 Å². The third kappa shape index (κ3) is 3.64. The predicted octanol–water partition coefficient (Wildman–Crippen LogP) is 2.24. The minimum atomic E-state index is -3.32. The van der Waals surface area contributed by atoms with Gasteiger partial charge in [0.2, 0.25) is 10.0 Å². The van der Waals surface area contributed by atoms with Gasteiger partial charge in [-0.2, -0.15) is 11.8 Å². The lowest BCUT2D eigenvalue weighted by Gasteiger charge is -2.13. The van der Waals surface area contributed by atoms with Gasteiger partial charge in [0.05, 0.1) is 4.90 Å². The summed E-state index contributed by atoms with van der Waals surface area (Å²) in [5, 5.41) is 4.05. The first-order valence-electron chi connectivity index (χ1n) is 6.38. The molecule has 106 valence electrons. The summed E-state index contributed by atoms with van der Waals surface area (Å²) in [5.74, 6) is 1.26. The maximum absolute atomic E-state index is 11.9. The van der Waals surface area contributed by atoms with Crippen molar-refractivity contribution in [2.45, 2.75) is 23.0 Å². The lowest BCUT2D eigenvalue weighted by molar-refractivity contribution is 0.521. The number of benzene rings is 1. The molecule has 4 nitrogen and oxygen atoms in total. The van der Waals surface area contributed by atoms with Crippen molar-refractivity contribution in [3.63, 3.8) is 0 Å². The lowest BCUT2D eigenvalue weighted by atomic mass is 10.2. The Morgan fingerprint density at radius 3 is 2.53 bits per heavy atom. The van der Waals surface area contributed by atoms with Gasteiger partial charge in [0.1, 0.15) is 0 Å². The minimum absolute atomic E-state index is 0.332. The zero-order valence-electron chi connectivity index (χ0n) is 11.3. The zero-order valence-corrected chi connectivity index (χ0v) is 12.9. The molecule has 1 aromatic rings. The largest absolute Gasteiger partial charge is 0.384 e. The molecule has 1 saturated heterocycles. The Kier molecular flexibility index (Phi) is 4.76. The van der Waals surface area contributed by atoms with Crippen molar-refractivity contribution in [3.05, 3.63) is 24.3 Å². The third-order valence-corrected chi connectivity index (χ3v) is 6.42. The standard InChI is InChI=1S/C13H20N2O2S2/c1-15(2)19(16,17)13-7-5-11(6-8-13)14-10-12-4-3-9-18-12/h5-8,12,14H,3-4,9-10H2,1-2H3. The first-order chi connectivity index (χ1) is 9.00. The molecule has 1 N–H and O–H groups in total. The number of sulfonamides is 1. The van der Waals surface area contributed by atoms with Gasteiger partial charge in [-0.25, -0.2) is 12.7 Å². The predicted molar refractivity (Wildman–Crippen MR) is 81.3 cm³/mol. The van der Waals surface area contributed by atoms with Crippen molar-refractivity contribution in [2.75, 3.05) is 31.7 Å². The van der Waals surface area contributed by atoms with E-state index in [2.05, 4.69) is 5.32 Å². The smallest absolute Gasteiger partial charge is 0.242 e. The van der Waals surface area contributed by atoms with Gasteiger partial charge in [-0.1, -0.05) is 0 Å². The van der Waals surface area contributed by atoms with E-state index in [4.69, 9.17) is 0 Å². The first kappa shape index (κ1) is 14.7. The number of nitrogens with zero attached hydrogens (tertiary/aromatic N) is 1. The summed E-state index contributed by atoms with van der Waals surface area (Å²) < 4.78 is 25.1. The second-order valence-electron chi connectivity index (χ2n) is 4.83. The highest BCUT2D eigenvalue weighted by Crippen LogP contribution is 2.26. The Morgan fingerprint density at radius 1 is 1.32 bits per heavy atom. The van der Waals surface area contributed by atoms with Crippen LogP contribution < -0.4 is 5.32 Å². The van der Waals surface area contributed by atoms with E-state index >= 15 is 0 Å². The van der Waals surface area contributed by atoms with Gasteiger partial charge in [0.25, 0.3) is 0 Å². The van der Waals surface area contributed by atoms with E-state index in [1.54, 1.807) is 26.2 Å². The van der Waals surface area contributed by atoms with Crippen molar-refractivity contribution in [3.8, 4) is 0 Å². The summed E-state index contributed by atoms with van der Waals surface area (Å²) in [6.45, 7) is 0.949. The minimum Gasteiger partial charge on any atom is -0.384 e. The topological polar surface area (TPSA) is 49.4 Å². The fourth-order valence-corrected chi connectivity index (χ4v) is 4.10. The monoisotopic (exact) mass is 300 g/mol. The van der Waals surface area contributed by atoms with Gasteiger partial charge in [0, 0.05) is 31.6 Å². The average Bonchev–Trinajstić information content (AvgIpc) is 2.90. The highest BCUT2D eigenvalue weighted by Gasteiger charge is 2.17. The van der Waals surface area contributed by atoms with Crippen LogP contribution in [0.4, 0.5) is 5.69 Å². The van der Waals surface area contributed by atoms with E-state index in [9.17, 15) is 8.42 Å². The van der Waals surface area contributed by atoms with Gasteiger partial charge >= 0.3 is 0 Å². The van der Waals surface area contributed by atoms with E-state index in [-0.39, 0.29) is 0 Å². The summed E-state index contributed by atoms with van der Waals surface area (Å²) in [6, 6.07) is 6.96. The molecule has 0 aliphatic carbocycles. The number of thioether (sulfide) groups is 1. The van der Waals surface area contributed by atoms with Crippen LogP contribution in [-0.2, 0) is 10.0 Å². The Balaban J connectivity index is 1.98. The third-order valence-electron chi connectivity index (χ3n) is 3.19. The van der Waals surface area contributed by atoms with Crippen LogP contribution >= 0.6 is 11.8 Å². The molecule has 1 heterocycles. The van der Waals surface area contributed by atoms with Crippen molar-refractivity contribution in [1.29, 1.82) is 0 Å². The Labute approximate surface area is 119 Å². The molecular weight excluding hydrogens is 280 g/mol. The van der Waals surface area contributed by atoms with E-state index in [1.165, 1.54) is 22.9 Å². The summed E-state index contributed by atoms with van der Waals surface area (Å²) >= 11 is 2.01. The number of nitrogens with one attached hydrogen (secondary N) is 1. The van der Waals surface area contributed by atoms with Crippen LogP contribution in [0.5, 0.6) is 0 Å². The number of rotatable bonds is 5. The molecule has 0 bridgehead atoms. The van der Waals surface area contributed by atoms with Gasteiger partial charge in [-0.15, -0.1) is 0 Å². The number of anilines is 1. The van der Waals surface area contributed by atoms with Crippen molar-refractivity contribution in [2.24, 2.45) is 0 Å². The normalized spacial score (nSPS) is 19.8. The molecule has 1 aliphatic heterocycles. The Bertz CT molecular complexity index is 506. The van der Waals surface area contributed by atoms with Crippen LogP contribution in [0.2, 0.25) is 0 Å². The maximum atomic E-state index is 11.9. The summed E-state index contributed by atoms with van der Waals surface area (Å²) in [5.41, 5.74) is 0.977. The highest BCUT2D eigenvalue weighted by molar-refractivity contribution is 8.00. The summed E-state index contributed by atoms with van der Waals surface area (Å²) in [6.07, 6.45) is 2.57. The molecule has 6 heteroatoms. The first-order valence-corrected chi connectivity index (χ1v) is 8.87. The maximum Gasteiger partial charge on any atom is 0.242 e. The fraction of sp³-hybridized carbons (Fsp3) is 0.538. The number of hydrogen-bond acceptors (Lipinski definition) is 4. The summed E-state index contributed by atoms with van der Waals surface area (Å²) in [4.78, 5) is 0.332. The number of hydrogen-bond donors (Lipinski definition) is 1. The molecule has 0 spiro atoms. The molecule has 0 saturated carbocycles. The average molecular weight is 300 g/mol. The van der Waals surface area contributed by atoms with Gasteiger partial charge < -0.3 is 5.32 Å².